The van der Waals surface area contributed by atoms with Gasteiger partial charge >= 0.3 is 0 Å². The van der Waals surface area contributed by atoms with Crippen LogP contribution in [0.1, 0.15) is 26.2 Å². The number of carbonyl (C=O) groups excluding carboxylic acids is 1. The number of hydrogen-bond acceptors (Lipinski definition) is 4. The van der Waals surface area contributed by atoms with Crippen molar-refractivity contribution in [3.63, 3.8) is 0 Å². The van der Waals surface area contributed by atoms with Gasteiger partial charge in [-0.15, -0.1) is 0 Å². The molecule has 106 valence electrons. The van der Waals surface area contributed by atoms with E-state index in [-0.39, 0.29) is 18.4 Å². The minimum atomic E-state index is 0.0814. The van der Waals surface area contributed by atoms with Crippen LogP contribution in [0, 0.1) is 5.92 Å². The van der Waals surface area contributed by atoms with E-state index in [0.717, 1.165) is 45.4 Å². The Morgan fingerprint density at radius 3 is 2.78 bits per heavy atom. The summed E-state index contributed by atoms with van der Waals surface area (Å²) >= 11 is 0. The van der Waals surface area contributed by atoms with Crippen molar-refractivity contribution in [2.75, 3.05) is 45.9 Å². The number of rotatable bonds is 6. The molecule has 18 heavy (non-hydrogen) atoms. The van der Waals surface area contributed by atoms with Gasteiger partial charge in [0.2, 0.25) is 5.91 Å². The Bertz CT molecular complexity index is 248. The molecule has 1 aliphatic heterocycles. The van der Waals surface area contributed by atoms with Crippen molar-refractivity contribution < 1.29 is 9.90 Å². The molecule has 0 aromatic heterocycles. The Labute approximate surface area is 110 Å². The molecule has 5 heteroatoms. The highest BCUT2D eigenvalue weighted by molar-refractivity contribution is 5.78. The number of nitrogens with two attached hydrogens (primary N) is 1. The van der Waals surface area contributed by atoms with Gasteiger partial charge in [0.15, 0.2) is 0 Å². The molecule has 0 bridgehead atoms. The number of hydrogen-bond donors (Lipinski definition) is 2. The summed E-state index contributed by atoms with van der Waals surface area (Å²) in [5.74, 6) is 0.340. The predicted octanol–water partition coefficient (Wildman–Crippen LogP) is -0.112. The van der Waals surface area contributed by atoms with E-state index >= 15 is 0 Å². The van der Waals surface area contributed by atoms with Gasteiger partial charge in [-0.2, -0.15) is 0 Å². The van der Waals surface area contributed by atoms with Crippen LogP contribution in [-0.2, 0) is 4.79 Å². The molecule has 0 aromatic rings. The molecule has 3 N–H and O–H groups in total. The summed E-state index contributed by atoms with van der Waals surface area (Å²) in [6.45, 7) is 7.03. The zero-order chi connectivity index (χ0) is 13.4. The van der Waals surface area contributed by atoms with E-state index in [0.29, 0.717) is 13.1 Å². The quantitative estimate of drug-likeness (QED) is 0.696. The van der Waals surface area contributed by atoms with E-state index in [1.165, 1.54) is 0 Å². The lowest BCUT2D eigenvalue weighted by Crippen LogP contribution is -2.38. The number of nitrogens with zero attached hydrogens (tertiary/aromatic N) is 2. The van der Waals surface area contributed by atoms with E-state index in [2.05, 4.69) is 4.90 Å². The lowest BCUT2D eigenvalue weighted by atomic mass is 10.0. The molecule has 5 nitrogen and oxygen atoms in total. The van der Waals surface area contributed by atoms with Crippen molar-refractivity contribution in [3.8, 4) is 0 Å². The number of aliphatic hydroxyl groups is 1. The minimum absolute atomic E-state index is 0.0814. The van der Waals surface area contributed by atoms with Gasteiger partial charge < -0.3 is 15.7 Å². The maximum absolute atomic E-state index is 12.2. The topological polar surface area (TPSA) is 69.8 Å². The third-order valence-electron chi connectivity index (χ3n) is 3.58. The van der Waals surface area contributed by atoms with Crippen molar-refractivity contribution in [2.24, 2.45) is 11.7 Å². The number of β-amino-alcohol motifs (C(OH)–C–C–N with tert-alkyl or cyclic N) is 1. The molecule has 1 rings (SSSR count). The fourth-order valence-electron chi connectivity index (χ4n) is 2.42. The van der Waals surface area contributed by atoms with Crippen LogP contribution in [0.5, 0.6) is 0 Å². The SMILES string of the molecule is CC(CCCN)C(=O)N1CCCN(CCO)CC1. The summed E-state index contributed by atoms with van der Waals surface area (Å²) in [6.07, 6.45) is 2.79. The Hall–Kier alpha value is -0.650. The fourth-order valence-corrected chi connectivity index (χ4v) is 2.42. The fraction of sp³-hybridized carbons (Fsp3) is 0.923. The number of carbonyl (C=O) groups is 1. The first kappa shape index (κ1) is 15.4. The standard InChI is InChI=1S/C13H27N3O2/c1-12(4-2-5-14)13(18)16-7-3-6-15(8-9-16)10-11-17/h12,17H,2-11,14H2,1H3. The van der Waals surface area contributed by atoms with E-state index in [1.54, 1.807) is 0 Å². The maximum atomic E-state index is 12.2. The Balaban J connectivity index is 2.39. The summed E-state index contributed by atoms with van der Waals surface area (Å²) in [5.41, 5.74) is 5.48. The lowest BCUT2D eigenvalue weighted by molar-refractivity contribution is -0.135. The highest BCUT2D eigenvalue weighted by Gasteiger charge is 2.22. The van der Waals surface area contributed by atoms with E-state index in [1.807, 2.05) is 11.8 Å². The molecule has 0 aliphatic carbocycles. The van der Waals surface area contributed by atoms with Gasteiger partial charge in [0, 0.05) is 32.1 Å². The Morgan fingerprint density at radius 1 is 1.33 bits per heavy atom. The van der Waals surface area contributed by atoms with Crippen LogP contribution in [0.25, 0.3) is 0 Å². The average molecular weight is 257 g/mol. The van der Waals surface area contributed by atoms with Crippen LogP contribution in [0.2, 0.25) is 0 Å². The summed E-state index contributed by atoms with van der Waals surface area (Å²) in [4.78, 5) is 16.4. The van der Waals surface area contributed by atoms with Crippen molar-refractivity contribution in [1.29, 1.82) is 0 Å². The van der Waals surface area contributed by atoms with Gasteiger partial charge in [0.25, 0.3) is 0 Å². The van der Waals surface area contributed by atoms with Crippen molar-refractivity contribution in [2.45, 2.75) is 26.2 Å². The van der Waals surface area contributed by atoms with Crippen LogP contribution in [0.15, 0.2) is 0 Å². The minimum Gasteiger partial charge on any atom is -0.395 e. The third-order valence-corrected chi connectivity index (χ3v) is 3.58. The van der Waals surface area contributed by atoms with E-state index in [4.69, 9.17) is 10.8 Å². The van der Waals surface area contributed by atoms with Crippen LogP contribution in [0.4, 0.5) is 0 Å². The number of aliphatic hydroxyl groups excluding tert-OH is 1. The Morgan fingerprint density at radius 2 is 2.11 bits per heavy atom. The molecule has 0 saturated carbocycles. The normalized spacial score (nSPS) is 19.6. The van der Waals surface area contributed by atoms with Gasteiger partial charge in [0.05, 0.1) is 6.61 Å². The molecule has 1 aliphatic rings. The largest absolute Gasteiger partial charge is 0.395 e. The molecule has 1 fully saturated rings. The number of amides is 1. The van der Waals surface area contributed by atoms with Crippen LogP contribution >= 0.6 is 0 Å². The van der Waals surface area contributed by atoms with Crippen molar-refractivity contribution in [3.05, 3.63) is 0 Å². The van der Waals surface area contributed by atoms with Gasteiger partial charge in [0.1, 0.15) is 0 Å². The van der Waals surface area contributed by atoms with Crippen LogP contribution in [-0.4, -0.2) is 66.7 Å². The predicted molar refractivity (Wildman–Crippen MR) is 72.2 cm³/mol. The van der Waals surface area contributed by atoms with Gasteiger partial charge in [-0.25, -0.2) is 0 Å². The third kappa shape index (κ3) is 4.92. The lowest BCUT2D eigenvalue weighted by Gasteiger charge is -2.24. The zero-order valence-electron chi connectivity index (χ0n) is 11.5. The average Bonchev–Trinajstić information content (AvgIpc) is 2.61. The summed E-state index contributed by atoms with van der Waals surface area (Å²) < 4.78 is 0. The molecular formula is C13H27N3O2. The second kappa shape index (κ2) is 8.45. The molecule has 1 saturated heterocycles. The molecule has 1 unspecified atom stereocenters. The summed E-state index contributed by atoms with van der Waals surface area (Å²) in [6, 6.07) is 0. The highest BCUT2D eigenvalue weighted by atomic mass is 16.3. The molecule has 1 atom stereocenters. The first-order valence-electron chi connectivity index (χ1n) is 7.01. The van der Waals surface area contributed by atoms with Gasteiger partial charge in [-0.1, -0.05) is 6.92 Å². The van der Waals surface area contributed by atoms with Crippen molar-refractivity contribution in [1.82, 2.24) is 9.80 Å². The van der Waals surface area contributed by atoms with Gasteiger partial charge in [-0.3, -0.25) is 9.69 Å². The second-order valence-electron chi connectivity index (χ2n) is 5.08. The molecule has 0 spiro atoms. The molecule has 0 aromatic carbocycles. The molecule has 1 amide bonds. The second-order valence-corrected chi connectivity index (χ2v) is 5.08. The maximum Gasteiger partial charge on any atom is 0.225 e. The van der Waals surface area contributed by atoms with Crippen molar-refractivity contribution >= 4 is 5.91 Å². The van der Waals surface area contributed by atoms with Gasteiger partial charge in [-0.05, 0) is 32.4 Å². The summed E-state index contributed by atoms with van der Waals surface area (Å²) in [5, 5.41) is 8.94. The Kier molecular flexibility index (Phi) is 7.23. The molecule has 1 heterocycles. The first-order valence-corrected chi connectivity index (χ1v) is 7.01. The molecular weight excluding hydrogens is 230 g/mol. The monoisotopic (exact) mass is 257 g/mol. The van der Waals surface area contributed by atoms with Crippen LogP contribution < -0.4 is 5.73 Å². The zero-order valence-corrected chi connectivity index (χ0v) is 11.5. The highest BCUT2D eigenvalue weighted by Crippen LogP contribution is 2.12. The van der Waals surface area contributed by atoms with E-state index < -0.39 is 0 Å². The smallest absolute Gasteiger partial charge is 0.225 e. The van der Waals surface area contributed by atoms with E-state index in [9.17, 15) is 4.79 Å². The summed E-state index contributed by atoms with van der Waals surface area (Å²) in [7, 11) is 0. The first-order chi connectivity index (χ1) is 8.69. The van der Waals surface area contributed by atoms with Crippen LogP contribution in [0.3, 0.4) is 0 Å². The molecule has 0 radical (unpaired) electrons.